The number of rotatable bonds is 4. The van der Waals surface area contributed by atoms with Gasteiger partial charge in [0, 0.05) is 19.2 Å². The van der Waals surface area contributed by atoms with Crippen molar-refractivity contribution in [1.29, 1.82) is 0 Å². The highest BCUT2D eigenvalue weighted by Gasteiger charge is 2.12. The number of hydrogen-bond donors (Lipinski definition) is 2. The first-order chi connectivity index (χ1) is 9.81. The van der Waals surface area contributed by atoms with Crippen LogP contribution < -0.4 is 15.4 Å². The molecule has 0 saturated carbocycles. The summed E-state index contributed by atoms with van der Waals surface area (Å²) in [6.45, 7) is 1.40. The van der Waals surface area contributed by atoms with Crippen LogP contribution in [0.2, 0.25) is 0 Å². The maximum absolute atomic E-state index is 13.2. The highest BCUT2D eigenvalue weighted by molar-refractivity contribution is 5.61. The zero-order valence-electron chi connectivity index (χ0n) is 10.9. The van der Waals surface area contributed by atoms with Gasteiger partial charge in [-0.3, -0.25) is 0 Å². The lowest BCUT2D eigenvalue weighted by Crippen LogP contribution is -2.22. The lowest BCUT2D eigenvalue weighted by molar-refractivity contribution is 0.465. The van der Waals surface area contributed by atoms with Crippen LogP contribution in [0.1, 0.15) is 5.56 Å². The maximum Gasteiger partial charge on any atom is 0.150 e. The molecule has 102 valence electrons. The lowest BCUT2D eigenvalue weighted by Gasteiger charge is -2.19. The van der Waals surface area contributed by atoms with Crippen LogP contribution in [0, 0.1) is 5.82 Å². The fourth-order valence-corrected chi connectivity index (χ4v) is 2.06. The second kappa shape index (κ2) is 5.75. The molecule has 0 amide bonds. The Labute approximate surface area is 117 Å². The van der Waals surface area contributed by atoms with Gasteiger partial charge >= 0.3 is 0 Å². The third kappa shape index (κ3) is 2.97. The van der Waals surface area contributed by atoms with Gasteiger partial charge in [-0.15, -0.1) is 0 Å². The average molecular weight is 270 g/mol. The smallest absolute Gasteiger partial charge is 0.150 e. The molecule has 4 heteroatoms. The molecular weight excluding hydrogens is 255 g/mol. The second-order valence-corrected chi connectivity index (χ2v) is 4.62. The Morgan fingerprint density at radius 3 is 2.75 bits per heavy atom. The molecule has 0 atom stereocenters. The molecule has 0 bridgehead atoms. The molecule has 2 aromatic carbocycles. The minimum Gasteiger partial charge on any atom is -0.461 e. The van der Waals surface area contributed by atoms with Gasteiger partial charge in [-0.25, -0.2) is 4.39 Å². The fourth-order valence-electron chi connectivity index (χ4n) is 2.06. The zero-order valence-corrected chi connectivity index (χ0v) is 10.9. The van der Waals surface area contributed by atoms with Crippen LogP contribution in [0.3, 0.4) is 0 Å². The van der Waals surface area contributed by atoms with Gasteiger partial charge in [-0.05, 0) is 17.7 Å². The largest absolute Gasteiger partial charge is 0.461 e. The second-order valence-electron chi connectivity index (χ2n) is 4.62. The van der Waals surface area contributed by atoms with E-state index < -0.39 is 0 Å². The van der Waals surface area contributed by atoms with E-state index in [9.17, 15) is 4.39 Å². The van der Waals surface area contributed by atoms with E-state index in [1.54, 1.807) is 12.3 Å². The van der Waals surface area contributed by atoms with Crippen LogP contribution in [-0.4, -0.2) is 6.54 Å². The summed E-state index contributed by atoms with van der Waals surface area (Å²) in [5.74, 6) is 0.358. The Morgan fingerprint density at radius 2 is 1.90 bits per heavy atom. The van der Waals surface area contributed by atoms with Gasteiger partial charge in [-0.1, -0.05) is 30.3 Å². The maximum atomic E-state index is 13.2. The molecule has 0 spiro atoms. The third-order valence-corrected chi connectivity index (χ3v) is 3.05. The van der Waals surface area contributed by atoms with E-state index >= 15 is 0 Å². The number of fused-ring (bicyclic) bond motifs is 1. The van der Waals surface area contributed by atoms with Crippen molar-refractivity contribution < 1.29 is 9.13 Å². The van der Waals surface area contributed by atoms with Gasteiger partial charge < -0.3 is 15.4 Å². The summed E-state index contributed by atoms with van der Waals surface area (Å²) < 4.78 is 18.6. The lowest BCUT2D eigenvalue weighted by atomic mass is 10.2. The molecule has 1 heterocycles. The third-order valence-electron chi connectivity index (χ3n) is 3.05. The van der Waals surface area contributed by atoms with Crippen molar-refractivity contribution in [3.63, 3.8) is 0 Å². The van der Waals surface area contributed by atoms with E-state index in [4.69, 9.17) is 4.74 Å². The summed E-state index contributed by atoms with van der Waals surface area (Å²) >= 11 is 0. The highest BCUT2D eigenvalue weighted by Crippen LogP contribution is 2.29. The van der Waals surface area contributed by atoms with Gasteiger partial charge in [0.1, 0.15) is 17.8 Å². The Hall–Kier alpha value is -2.33. The van der Waals surface area contributed by atoms with Gasteiger partial charge in [0.2, 0.25) is 0 Å². The number of anilines is 1. The van der Waals surface area contributed by atoms with Crippen molar-refractivity contribution in [2.45, 2.75) is 6.54 Å². The van der Waals surface area contributed by atoms with Crippen molar-refractivity contribution in [2.24, 2.45) is 0 Å². The van der Waals surface area contributed by atoms with Crippen LogP contribution in [-0.2, 0) is 6.54 Å². The summed E-state index contributed by atoms with van der Waals surface area (Å²) in [4.78, 5) is 0. The van der Waals surface area contributed by atoms with Crippen molar-refractivity contribution in [1.82, 2.24) is 5.32 Å². The fraction of sp³-hybridized carbons (Fsp3) is 0.125. The topological polar surface area (TPSA) is 33.3 Å². The summed E-state index contributed by atoms with van der Waals surface area (Å²) in [5, 5.41) is 6.47. The number of nitrogens with one attached hydrogen (secondary N) is 2. The van der Waals surface area contributed by atoms with E-state index in [-0.39, 0.29) is 5.82 Å². The SMILES string of the molecule is Fc1ccc2c(c1)NC(CNCc1ccccc1)=CO2. The number of benzene rings is 2. The molecule has 2 aromatic rings. The van der Waals surface area contributed by atoms with Gasteiger partial charge in [0.15, 0.2) is 0 Å². The van der Waals surface area contributed by atoms with E-state index in [0.717, 1.165) is 12.2 Å². The summed E-state index contributed by atoms with van der Waals surface area (Å²) in [6.07, 6.45) is 1.65. The molecule has 0 radical (unpaired) electrons. The quantitative estimate of drug-likeness (QED) is 0.894. The molecule has 3 rings (SSSR count). The minimum atomic E-state index is -0.279. The van der Waals surface area contributed by atoms with Crippen LogP contribution in [0.4, 0.5) is 10.1 Å². The standard InChI is InChI=1S/C16H15FN2O/c17-13-6-7-16-15(8-13)19-14(11-20-16)10-18-9-12-4-2-1-3-5-12/h1-8,11,18-19H,9-10H2. The molecular formula is C16H15FN2O. The van der Waals surface area contributed by atoms with E-state index in [1.165, 1.54) is 17.7 Å². The molecule has 0 fully saturated rings. The number of ether oxygens (including phenoxy) is 1. The van der Waals surface area contributed by atoms with Crippen LogP contribution in [0.25, 0.3) is 0 Å². The normalized spacial score (nSPS) is 12.9. The van der Waals surface area contributed by atoms with Crippen LogP contribution in [0.5, 0.6) is 5.75 Å². The molecule has 0 aromatic heterocycles. The summed E-state index contributed by atoms with van der Waals surface area (Å²) in [5.41, 5.74) is 2.75. The van der Waals surface area contributed by atoms with E-state index in [0.29, 0.717) is 18.0 Å². The first kappa shape index (κ1) is 12.7. The molecule has 1 aliphatic rings. The first-order valence-corrected chi connectivity index (χ1v) is 6.48. The summed E-state index contributed by atoms with van der Waals surface area (Å²) in [6, 6.07) is 14.6. The molecule has 0 aliphatic carbocycles. The van der Waals surface area contributed by atoms with E-state index in [1.807, 2.05) is 18.2 Å². The van der Waals surface area contributed by atoms with Crippen LogP contribution >= 0.6 is 0 Å². The molecule has 1 aliphatic heterocycles. The Balaban J connectivity index is 1.56. The minimum absolute atomic E-state index is 0.279. The Bertz CT molecular complexity index is 626. The zero-order chi connectivity index (χ0) is 13.8. The first-order valence-electron chi connectivity index (χ1n) is 6.48. The van der Waals surface area contributed by atoms with Crippen molar-refractivity contribution in [2.75, 3.05) is 11.9 Å². The summed E-state index contributed by atoms with van der Waals surface area (Å²) in [7, 11) is 0. The number of halogens is 1. The Morgan fingerprint density at radius 1 is 1.05 bits per heavy atom. The molecule has 2 N–H and O–H groups in total. The monoisotopic (exact) mass is 270 g/mol. The molecule has 20 heavy (non-hydrogen) atoms. The van der Waals surface area contributed by atoms with Gasteiger partial charge in [0.25, 0.3) is 0 Å². The van der Waals surface area contributed by atoms with Crippen molar-refractivity contribution in [3.05, 3.63) is 71.9 Å². The van der Waals surface area contributed by atoms with Crippen molar-refractivity contribution in [3.8, 4) is 5.75 Å². The van der Waals surface area contributed by atoms with Gasteiger partial charge in [0.05, 0.1) is 11.4 Å². The van der Waals surface area contributed by atoms with Gasteiger partial charge in [-0.2, -0.15) is 0 Å². The molecule has 0 unspecified atom stereocenters. The Kier molecular flexibility index (Phi) is 3.65. The predicted octanol–water partition coefficient (Wildman–Crippen LogP) is 3.26. The molecule has 3 nitrogen and oxygen atoms in total. The van der Waals surface area contributed by atoms with Crippen molar-refractivity contribution >= 4 is 5.69 Å². The molecule has 0 saturated heterocycles. The highest BCUT2D eigenvalue weighted by atomic mass is 19.1. The number of hydrogen-bond acceptors (Lipinski definition) is 3. The predicted molar refractivity (Wildman–Crippen MR) is 76.9 cm³/mol. The van der Waals surface area contributed by atoms with Crippen LogP contribution in [0.15, 0.2) is 60.5 Å². The van der Waals surface area contributed by atoms with E-state index in [2.05, 4.69) is 22.8 Å². The average Bonchev–Trinajstić information content (AvgIpc) is 2.48.